The average Bonchev–Trinajstić information content (AvgIpc) is 3.74. The Kier molecular flexibility index (Phi) is 5.46. The first-order valence-corrected chi connectivity index (χ1v) is 15.8. The largest absolute Gasteiger partial charge is 0.457 e. The molecule has 8 aromatic rings. The fraction of sp³-hybridized carbons (Fsp3) is 0.0233. The third-order valence-corrected chi connectivity index (χ3v) is 9.75. The Balaban J connectivity index is 1.25. The zero-order valence-corrected chi connectivity index (χ0v) is 25.2. The molecule has 0 saturated heterocycles. The van der Waals surface area contributed by atoms with Crippen molar-refractivity contribution >= 4 is 10.8 Å². The van der Waals surface area contributed by atoms with Gasteiger partial charge in [0.2, 0.25) is 11.8 Å². The van der Waals surface area contributed by atoms with E-state index in [0.29, 0.717) is 11.8 Å². The number of rotatable bonds is 3. The van der Waals surface area contributed by atoms with Crippen LogP contribution in [-0.2, 0) is 5.41 Å². The molecule has 1 aliphatic carbocycles. The molecule has 0 atom stereocenters. The van der Waals surface area contributed by atoms with E-state index < -0.39 is 5.41 Å². The molecule has 0 fully saturated rings. The van der Waals surface area contributed by atoms with Crippen LogP contribution in [0.4, 0.5) is 0 Å². The summed E-state index contributed by atoms with van der Waals surface area (Å²) in [6.45, 7) is 0. The highest BCUT2D eigenvalue weighted by Crippen LogP contribution is 2.62. The summed E-state index contributed by atoms with van der Waals surface area (Å²) in [6, 6.07) is 55.3. The molecule has 220 valence electrons. The molecule has 1 spiro atoms. The zero-order chi connectivity index (χ0) is 31.0. The minimum atomic E-state index is -0.546. The highest BCUT2D eigenvalue weighted by Gasteiger charge is 2.51. The van der Waals surface area contributed by atoms with Crippen molar-refractivity contribution in [1.82, 2.24) is 10.2 Å². The lowest BCUT2D eigenvalue weighted by Gasteiger charge is -2.39. The molecule has 2 aliphatic rings. The van der Waals surface area contributed by atoms with E-state index in [-0.39, 0.29) is 0 Å². The van der Waals surface area contributed by atoms with Crippen LogP contribution < -0.4 is 4.74 Å². The summed E-state index contributed by atoms with van der Waals surface area (Å²) in [7, 11) is 0. The minimum absolute atomic E-state index is 0.487. The molecule has 0 saturated carbocycles. The number of benzene rings is 7. The lowest BCUT2D eigenvalue weighted by atomic mass is 9.65. The van der Waals surface area contributed by atoms with E-state index in [1.165, 1.54) is 22.3 Å². The van der Waals surface area contributed by atoms with Crippen molar-refractivity contribution in [2.24, 2.45) is 0 Å². The number of aromatic nitrogens is 2. The number of para-hydroxylation sites is 1. The fourth-order valence-electron chi connectivity index (χ4n) is 7.79. The van der Waals surface area contributed by atoms with E-state index in [2.05, 4.69) is 132 Å². The number of hydrogen-bond acceptors (Lipinski definition) is 4. The molecule has 4 nitrogen and oxygen atoms in total. The Morgan fingerprint density at radius 1 is 0.426 bits per heavy atom. The average molecular weight is 603 g/mol. The summed E-state index contributed by atoms with van der Waals surface area (Å²) >= 11 is 0. The third kappa shape index (κ3) is 3.64. The molecule has 1 aromatic heterocycles. The molecule has 0 bridgehead atoms. The van der Waals surface area contributed by atoms with Crippen molar-refractivity contribution in [2.75, 3.05) is 0 Å². The van der Waals surface area contributed by atoms with Crippen LogP contribution in [0.2, 0.25) is 0 Å². The molecule has 0 N–H and O–H groups in total. The first kappa shape index (κ1) is 26.0. The van der Waals surface area contributed by atoms with Gasteiger partial charge >= 0.3 is 0 Å². The second kappa shape index (κ2) is 9.87. The molecule has 0 radical (unpaired) electrons. The molecule has 4 heteroatoms. The molecular weight excluding hydrogens is 576 g/mol. The van der Waals surface area contributed by atoms with E-state index in [0.717, 1.165) is 55.7 Å². The third-order valence-electron chi connectivity index (χ3n) is 9.75. The standard InChI is InChI=1S/C43H26N2O2/c1-2-13-28(14-3-1)41-44-45-42(47-41)40-30-15-5-4-12-27(30)22-24-31(40)29-23-25-39-37(26-29)43(36-20-10-11-21-38(36)46-39)34-18-8-6-16-32(34)33-17-7-9-19-35(33)43/h1-26H. The lowest BCUT2D eigenvalue weighted by molar-refractivity contribution is 0.436. The van der Waals surface area contributed by atoms with Gasteiger partial charge in [-0.2, -0.15) is 0 Å². The van der Waals surface area contributed by atoms with Crippen molar-refractivity contribution in [3.05, 3.63) is 180 Å². The molecular formula is C43H26N2O2. The van der Waals surface area contributed by atoms with Crippen LogP contribution in [0.5, 0.6) is 11.5 Å². The van der Waals surface area contributed by atoms with E-state index in [1.807, 2.05) is 36.4 Å². The predicted octanol–water partition coefficient (Wildman–Crippen LogP) is 10.7. The van der Waals surface area contributed by atoms with Gasteiger partial charge < -0.3 is 9.15 Å². The number of ether oxygens (including phenoxy) is 1. The normalized spacial score (nSPS) is 13.4. The van der Waals surface area contributed by atoms with Crippen LogP contribution >= 0.6 is 0 Å². The van der Waals surface area contributed by atoms with Gasteiger partial charge in [0.05, 0.1) is 11.0 Å². The van der Waals surface area contributed by atoms with Crippen LogP contribution in [0.25, 0.3) is 55.9 Å². The lowest BCUT2D eigenvalue weighted by Crippen LogP contribution is -2.32. The maximum absolute atomic E-state index is 6.68. The van der Waals surface area contributed by atoms with E-state index in [4.69, 9.17) is 9.15 Å². The van der Waals surface area contributed by atoms with E-state index in [9.17, 15) is 0 Å². The highest BCUT2D eigenvalue weighted by molar-refractivity contribution is 6.02. The smallest absolute Gasteiger partial charge is 0.249 e. The Bertz CT molecular complexity index is 2470. The first-order valence-electron chi connectivity index (χ1n) is 15.8. The molecule has 0 unspecified atom stereocenters. The van der Waals surface area contributed by atoms with Gasteiger partial charge in [0.15, 0.2) is 0 Å². The Morgan fingerprint density at radius 3 is 1.87 bits per heavy atom. The Hall–Kier alpha value is -6.26. The summed E-state index contributed by atoms with van der Waals surface area (Å²) in [6.07, 6.45) is 0. The second-order valence-corrected chi connectivity index (χ2v) is 12.1. The van der Waals surface area contributed by atoms with Crippen molar-refractivity contribution < 1.29 is 9.15 Å². The van der Waals surface area contributed by atoms with Gasteiger partial charge in [0, 0.05) is 16.7 Å². The van der Waals surface area contributed by atoms with Crippen LogP contribution in [0, 0.1) is 0 Å². The first-order chi connectivity index (χ1) is 23.3. The Labute approximate surface area is 271 Å². The summed E-state index contributed by atoms with van der Waals surface area (Å²) < 4.78 is 13.1. The van der Waals surface area contributed by atoms with Gasteiger partial charge in [0.1, 0.15) is 11.5 Å². The van der Waals surface area contributed by atoms with Gasteiger partial charge in [0.25, 0.3) is 0 Å². The van der Waals surface area contributed by atoms with Crippen molar-refractivity contribution in [2.45, 2.75) is 5.41 Å². The van der Waals surface area contributed by atoms with Crippen molar-refractivity contribution in [3.8, 4) is 56.7 Å². The molecule has 10 rings (SSSR count). The zero-order valence-electron chi connectivity index (χ0n) is 25.2. The van der Waals surface area contributed by atoms with Crippen LogP contribution in [0.1, 0.15) is 22.3 Å². The number of hydrogen-bond donors (Lipinski definition) is 0. The van der Waals surface area contributed by atoms with Crippen molar-refractivity contribution in [3.63, 3.8) is 0 Å². The van der Waals surface area contributed by atoms with Crippen LogP contribution in [0.3, 0.4) is 0 Å². The predicted molar refractivity (Wildman–Crippen MR) is 185 cm³/mol. The van der Waals surface area contributed by atoms with Gasteiger partial charge in [-0.3, -0.25) is 0 Å². The monoisotopic (exact) mass is 602 g/mol. The van der Waals surface area contributed by atoms with Gasteiger partial charge in [-0.15, -0.1) is 10.2 Å². The maximum Gasteiger partial charge on any atom is 0.249 e. The molecule has 2 heterocycles. The second-order valence-electron chi connectivity index (χ2n) is 12.1. The Morgan fingerprint density at radius 2 is 1.06 bits per heavy atom. The number of nitrogens with zero attached hydrogens (tertiary/aromatic N) is 2. The van der Waals surface area contributed by atoms with Crippen LogP contribution in [0.15, 0.2) is 162 Å². The summed E-state index contributed by atoms with van der Waals surface area (Å²) in [5.41, 5.74) is 10.6. The quantitative estimate of drug-likeness (QED) is 0.202. The minimum Gasteiger partial charge on any atom is -0.457 e. The van der Waals surface area contributed by atoms with Gasteiger partial charge in [-0.05, 0) is 74.5 Å². The van der Waals surface area contributed by atoms with E-state index >= 15 is 0 Å². The molecule has 1 aliphatic heterocycles. The van der Waals surface area contributed by atoms with Crippen LogP contribution in [-0.4, -0.2) is 10.2 Å². The van der Waals surface area contributed by atoms with Gasteiger partial charge in [-0.25, -0.2) is 0 Å². The van der Waals surface area contributed by atoms with Gasteiger partial charge in [-0.1, -0.05) is 127 Å². The van der Waals surface area contributed by atoms with E-state index in [1.54, 1.807) is 0 Å². The SMILES string of the molecule is c1ccc(-c2nnc(-c3c(-c4ccc5c(c4)C4(c6ccccc6O5)c5ccccc5-c5ccccc54)ccc4ccccc34)o2)cc1. The molecule has 0 amide bonds. The fourth-order valence-corrected chi connectivity index (χ4v) is 7.79. The molecule has 47 heavy (non-hydrogen) atoms. The summed E-state index contributed by atoms with van der Waals surface area (Å²) in [5, 5.41) is 11.2. The topological polar surface area (TPSA) is 48.2 Å². The number of fused-ring (bicyclic) bond motifs is 10. The van der Waals surface area contributed by atoms with Crippen molar-refractivity contribution in [1.29, 1.82) is 0 Å². The summed E-state index contributed by atoms with van der Waals surface area (Å²) in [4.78, 5) is 0. The maximum atomic E-state index is 6.68. The summed E-state index contributed by atoms with van der Waals surface area (Å²) in [5.74, 6) is 2.71. The highest BCUT2D eigenvalue weighted by atomic mass is 16.5. The molecule has 7 aromatic carbocycles.